The van der Waals surface area contributed by atoms with Gasteiger partial charge >= 0.3 is 0 Å². The number of benzene rings is 2. The number of fused-ring (bicyclic) bond motifs is 1. The predicted octanol–water partition coefficient (Wildman–Crippen LogP) is 4.31. The maximum Gasteiger partial charge on any atom is 0.254 e. The fraction of sp³-hybridized carbons (Fsp3) is 0.267. The predicted molar refractivity (Wildman–Crippen MR) is 154 cm³/mol. The summed E-state index contributed by atoms with van der Waals surface area (Å²) >= 11 is 0. The zero-order chi connectivity index (χ0) is 28.6. The Labute approximate surface area is 232 Å². The molecular weight excluding hydrogens is 506 g/mol. The number of ether oxygens (including phenoxy) is 1. The van der Waals surface area contributed by atoms with Gasteiger partial charge in [-0.25, -0.2) is 9.97 Å². The van der Waals surface area contributed by atoms with Gasteiger partial charge in [-0.1, -0.05) is 24.3 Å². The lowest BCUT2D eigenvalue weighted by Gasteiger charge is -2.19. The fourth-order valence-electron chi connectivity index (χ4n) is 4.73. The highest BCUT2D eigenvalue weighted by Gasteiger charge is 2.24. The number of carbonyl (C=O) groups is 1. The summed E-state index contributed by atoms with van der Waals surface area (Å²) < 4.78 is 9.13. The number of nitrogens with one attached hydrogen (secondary N) is 2. The number of anilines is 1. The van der Waals surface area contributed by atoms with Gasteiger partial charge in [-0.3, -0.25) is 4.79 Å². The van der Waals surface area contributed by atoms with Crippen LogP contribution in [0.1, 0.15) is 41.2 Å². The van der Waals surface area contributed by atoms with Gasteiger partial charge in [0, 0.05) is 50.2 Å². The summed E-state index contributed by atoms with van der Waals surface area (Å²) in [6, 6.07) is 15.4. The van der Waals surface area contributed by atoms with Crippen molar-refractivity contribution in [3.63, 3.8) is 0 Å². The van der Waals surface area contributed by atoms with Gasteiger partial charge in [0.25, 0.3) is 5.91 Å². The molecule has 0 aliphatic carbocycles. The Morgan fingerprint density at radius 2 is 1.93 bits per heavy atom. The van der Waals surface area contributed by atoms with Crippen LogP contribution in [0.15, 0.2) is 60.9 Å². The van der Waals surface area contributed by atoms with Gasteiger partial charge in [0.05, 0.1) is 24.1 Å². The monoisotopic (exact) mass is 539 g/mol. The van der Waals surface area contributed by atoms with E-state index in [4.69, 9.17) is 14.8 Å². The van der Waals surface area contributed by atoms with Gasteiger partial charge in [-0.2, -0.15) is 9.61 Å². The fourth-order valence-corrected chi connectivity index (χ4v) is 4.73. The van der Waals surface area contributed by atoms with E-state index >= 15 is 0 Å². The molecule has 206 valence electrons. The van der Waals surface area contributed by atoms with Crippen LogP contribution >= 0.6 is 0 Å². The van der Waals surface area contributed by atoms with E-state index in [9.17, 15) is 9.90 Å². The zero-order valence-corrected chi connectivity index (χ0v) is 23.5. The summed E-state index contributed by atoms with van der Waals surface area (Å²) in [5.74, 6) is 1.78. The number of aryl methyl sites for hydroxylation is 2. The van der Waals surface area contributed by atoms with Crippen molar-refractivity contribution in [3.05, 3.63) is 83.4 Å². The highest BCUT2D eigenvalue weighted by molar-refractivity contribution is 5.98. The van der Waals surface area contributed by atoms with Crippen LogP contribution in [0.4, 0.5) is 5.82 Å². The molecule has 0 spiro atoms. The Morgan fingerprint density at radius 3 is 2.60 bits per heavy atom. The Kier molecular flexibility index (Phi) is 7.03. The first-order valence-electron chi connectivity index (χ1n) is 12.9. The molecule has 0 unspecified atom stereocenters. The topological polar surface area (TPSA) is 119 Å². The quantitative estimate of drug-likeness (QED) is 0.269. The van der Waals surface area contributed by atoms with Crippen LogP contribution in [0.2, 0.25) is 0 Å². The second kappa shape index (κ2) is 10.5. The maximum atomic E-state index is 12.6. The molecule has 0 saturated heterocycles. The Bertz CT molecular complexity index is 1710. The minimum Gasteiger partial charge on any atom is -0.496 e. The maximum absolute atomic E-state index is 12.6. The Morgan fingerprint density at radius 1 is 1.12 bits per heavy atom. The zero-order valence-electron chi connectivity index (χ0n) is 23.5. The first-order valence-corrected chi connectivity index (χ1v) is 12.9. The van der Waals surface area contributed by atoms with E-state index in [1.165, 1.54) is 7.11 Å². The number of amides is 1. The standard InChI is InChI=1S/C30H33N7O3/c1-18-26(20-10-11-23(40-6)22(15-20)29(38)31-4)28-34-24(30(2,3)39)16-25(37(28)35-18)33-17-19-8-7-9-21(14-19)27-32-12-13-36(27)5/h7-16,33,39H,17H2,1-6H3,(H,31,38). The number of hydrogen-bond donors (Lipinski definition) is 3. The first-order chi connectivity index (χ1) is 19.1. The molecule has 3 aromatic heterocycles. The molecule has 0 fully saturated rings. The molecule has 5 aromatic rings. The summed E-state index contributed by atoms with van der Waals surface area (Å²) in [4.78, 5) is 21.8. The SMILES string of the molecule is CNC(=O)c1cc(-c2c(C)nn3c(NCc4cccc(-c5nccn5C)c4)cc(C(C)(C)O)nc23)ccc1OC. The van der Waals surface area contributed by atoms with Gasteiger partial charge in [0.2, 0.25) is 0 Å². The number of nitrogens with zero attached hydrogens (tertiary/aromatic N) is 5. The van der Waals surface area contributed by atoms with Crippen LogP contribution in [-0.4, -0.2) is 49.3 Å². The van der Waals surface area contributed by atoms with Gasteiger partial charge in [0.15, 0.2) is 5.65 Å². The summed E-state index contributed by atoms with van der Waals surface area (Å²) in [5.41, 5.74) is 4.61. The molecule has 10 heteroatoms. The average Bonchev–Trinajstić information content (AvgIpc) is 3.52. The van der Waals surface area contributed by atoms with Gasteiger partial charge < -0.3 is 25.0 Å². The lowest BCUT2D eigenvalue weighted by Crippen LogP contribution is -2.19. The smallest absolute Gasteiger partial charge is 0.254 e. The van der Waals surface area contributed by atoms with Crippen LogP contribution in [-0.2, 0) is 19.2 Å². The highest BCUT2D eigenvalue weighted by atomic mass is 16.5. The van der Waals surface area contributed by atoms with Crippen molar-refractivity contribution < 1.29 is 14.6 Å². The first kappa shape index (κ1) is 26.9. The summed E-state index contributed by atoms with van der Waals surface area (Å²) in [7, 11) is 5.08. The van der Waals surface area contributed by atoms with Crippen molar-refractivity contribution >= 4 is 17.4 Å². The number of imidazole rings is 1. The van der Waals surface area contributed by atoms with Crippen LogP contribution in [0, 0.1) is 6.92 Å². The molecule has 0 aliphatic heterocycles. The van der Waals surface area contributed by atoms with Gasteiger partial charge in [-0.15, -0.1) is 0 Å². The summed E-state index contributed by atoms with van der Waals surface area (Å²) in [5, 5.41) is 21.9. The molecule has 3 heterocycles. The third-order valence-corrected chi connectivity index (χ3v) is 6.83. The van der Waals surface area contributed by atoms with Crippen molar-refractivity contribution in [1.29, 1.82) is 0 Å². The van der Waals surface area contributed by atoms with E-state index in [0.29, 0.717) is 35.0 Å². The Hall–Kier alpha value is -4.70. The molecule has 2 aromatic carbocycles. The lowest BCUT2D eigenvalue weighted by atomic mass is 10.0. The number of aromatic nitrogens is 5. The molecule has 0 atom stereocenters. The molecule has 40 heavy (non-hydrogen) atoms. The van der Waals surface area contributed by atoms with Crippen LogP contribution in [0.5, 0.6) is 5.75 Å². The normalized spacial score (nSPS) is 11.6. The molecule has 0 bridgehead atoms. The average molecular weight is 540 g/mol. The van der Waals surface area contributed by atoms with Crippen LogP contribution in [0.25, 0.3) is 28.2 Å². The van der Waals surface area contributed by atoms with Crippen LogP contribution < -0.4 is 15.4 Å². The third-order valence-electron chi connectivity index (χ3n) is 6.83. The molecule has 1 amide bonds. The summed E-state index contributed by atoms with van der Waals surface area (Å²) in [6.07, 6.45) is 3.70. The second-order valence-electron chi connectivity index (χ2n) is 10.2. The van der Waals surface area contributed by atoms with E-state index < -0.39 is 5.60 Å². The molecule has 0 saturated carbocycles. The van der Waals surface area contributed by atoms with E-state index in [0.717, 1.165) is 33.8 Å². The van der Waals surface area contributed by atoms with Crippen molar-refractivity contribution in [2.75, 3.05) is 19.5 Å². The molecule has 3 N–H and O–H groups in total. The lowest BCUT2D eigenvalue weighted by molar-refractivity contribution is 0.0740. The van der Waals surface area contributed by atoms with E-state index in [-0.39, 0.29) is 5.91 Å². The second-order valence-corrected chi connectivity index (χ2v) is 10.2. The number of carbonyl (C=O) groups excluding carboxylic acids is 1. The summed E-state index contributed by atoms with van der Waals surface area (Å²) in [6.45, 7) is 5.82. The molecule has 5 rings (SSSR count). The minimum absolute atomic E-state index is 0.256. The van der Waals surface area contributed by atoms with Crippen molar-refractivity contribution in [2.24, 2.45) is 7.05 Å². The Balaban J connectivity index is 1.59. The third kappa shape index (κ3) is 5.01. The number of rotatable bonds is 8. The van der Waals surface area contributed by atoms with Crippen molar-refractivity contribution in [1.82, 2.24) is 29.5 Å². The highest BCUT2D eigenvalue weighted by Crippen LogP contribution is 2.34. The minimum atomic E-state index is -1.20. The molecule has 0 aliphatic rings. The number of aliphatic hydroxyl groups is 1. The number of methoxy groups -OCH3 is 1. The van der Waals surface area contributed by atoms with Crippen LogP contribution in [0.3, 0.4) is 0 Å². The number of hydrogen-bond acceptors (Lipinski definition) is 7. The van der Waals surface area contributed by atoms with Gasteiger partial charge in [0.1, 0.15) is 23.0 Å². The largest absolute Gasteiger partial charge is 0.496 e. The molecular formula is C30H33N7O3. The molecule has 10 nitrogen and oxygen atoms in total. The van der Waals surface area contributed by atoms with E-state index in [1.807, 2.05) is 55.1 Å². The van der Waals surface area contributed by atoms with Gasteiger partial charge in [-0.05, 0) is 50.1 Å². The van der Waals surface area contributed by atoms with Crippen molar-refractivity contribution in [2.45, 2.75) is 32.9 Å². The van der Waals surface area contributed by atoms with E-state index in [2.05, 4.69) is 21.7 Å². The van der Waals surface area contributed by atoms with Crippen molar-refractivity contribution in [3.8, 4) is 28.3 Å². The molecule has 0 radical (unpaired) electrons. The van der Waals surface area contributed by atoms with E-state index in [1.54, 1.807) is 43.7 Å².